The number of anilines is 1. The van der Waals surface area contributed by atoms with Gasteiger partial charge in [0, 0.05) is 13.6 Å². The molecule has 1 aromatic carbocycles. The van der Waals surface area contributed by atoms with E-state index in [-0.39, 0.29) is 17.1 Å². The van der Waals surface area contributed by atoms with Gasteiger partial charge in [0.1, 0.15) is 23.7 Å². The van der Waals surface area contributed by atoms with Crippen molar-refractivity contribution in [3.8, 4) is 5.75 Å². The van der Waals surface area contributed by atoms with Crippen molar-refractivity contribution < 1.29 is 9.53 Å². The number of nitrogens with zero attached hydrogens (tertiary/aromatic N) is 2. The molecule has 2 aromatic rings. The third kappa shape index (κ3) is 3.36. The molecule has 7 nitrogen and oxygen atoms in total. The molecular formula is C20H21N3O4. The van der Waals surface area contributed by atoms with E-state index in [4.69, 9.17) is 4.74 Å². The Bertz CT molecular complexity index is 1040. The highest BCUT2D eigenvalue weighted by molar-refractivity contribution is 6.19. The largest absolute Gasteiger partial charge is 0.490 e. The summed E-state index contributed by atoms with van der Waals surface area (Å²) in [5.74, 6) is 0.547. The lowest BCUT2D eigenvalue weighted by molar-refractivity contribution is 0.104. The number of Topliss-reactive ketones (excluding diaryl/α,β-unsaturated/α-hetero) is 1. The molecule has 1 N–H and O–H groups in total. The molecule has 1 aliphatic heterocycles. The first kappa shape index (κ1) is 18.4. The highest BCUT2D eigenvalue weighted by Crippen LogP contribution is 2.26. The van der Waals surface area contributed by atoms with Crippen molar-refractivity contribution in [2.75, 3.05) is 11.9 Å². The number of aromatic nitrogens is 2. The van der Waals surface area contributed by atoms with Crippen LogP contribution in [0.2, 0.25) is 0 Å². The van der Waals surface area contributed by atoms with Crippen LogP contribution in [0.5, 0.6) is 5.75 Å². The molecule has 0 fully saturated rings. The van der Waals surface area contributed by atoms with Crippen LogP contribution in [0.15, 0.2) is 52.2 Å². The third-order valence-corrected chi connectivity index (χ3v) is 4.27. The molecule has 3 rings (SSSR count). The van der Waals surface area contributed by atoms with E-state index in [1.807, 2.05) is 6.92 Å². The normalized spacial score (nSPS) is 14.1. The molecule has 0 atom stereocenters. The lowest BCUT2D eigenvalue weighted by Crippen LogP contribution is -2.40. The molecule has 27 heavy (non-hydrogen) atoms. The average Bonchev–Trinajstić information content (AvgIpc) is 2.99. The Morgan fingerprint density at radius 3 is 2.52 bits per heavy atom. The fourth-order valence-corrected chi connectivity index (χ4v) is 2.94. The first-order chi connectivity index (χ1) is 13.0. The van der Waals surface area contributed by atoms with Crippen LogP contribution in [0.4, 0.5) is 5.82 Å². The minimum absolute atomic E-state index is 0.00253. The van der Waals surface area contributed by atoms with Gasteiger partial charge in [-0.15, -0.1) is 0 Å². The molecule has 7 heteroatoms. The fourth-order valence-electron chi connectivity index (χ4n) is 2.94. The molecule has 2 heterocycles. The van der Waals surface area contributed by atoms with E-state index in [1.165, 1.54) is 11.6 Å². The Kier molecular flexibility index (Phi) is 5.12. The number of carbonyl (C=O) groups excluding carboxylic acids is 1. The zero-order valence-electron chi connectivity index (χ0n) is 15.3. The maximum Gasteiger partial charge on any atom is 0.332 e. The van der Waals surface area contributed by atoms with Crippen LogP contribution in [-0.4, -0.2) is 21.5 Å². The van der Waals surface area contributed by atoms with Crippen molar-refractivity contribution in [3.63, 3.8) is 0 Å². The van der Waals surface area contributed by atoms with Crippen molar-refractivity contribution >= 4 is 17.7 Å². The number of rotatable bonds is 6. The zero-order valence-corrected chi connectivity index (χ0v) is 15.3. The number of nitrogens with one attached hydrogen (secondary N) is 1. The summed E-state index contributed by atoms with van der Waals surface area (Å²) in [5.41, 5.74) is 0.00756. The quantitative estimate of drug-likeness (QED) is 0.625. The predicted molar refractivity (Wildman–Crippen MR) is 104 cm³/mol. The number of ether oxygens (including phenoxy) is 1. The molecule has 140 valence electrons. The van der Waals surface area contributed by atoms with Crippen LogP contribution >= 0.6 is 0 Å². The topological polar surface area (TPSA) is 82.3 Å². The second kappa shape index (κ2) is 7.49. The molecule has 1 aromatic heterocycles. The number of carbonyl (C=O) groups is 1. The lowest BCUT2D eigenvalue weighted by Gasteiger charge is -2.11. The number of ketones is 1. The summed E-state index contributed by atoms with van der Waals surface area (Å²) in [6, 6.07) is 7.18. The van der Waals surface area contributed by atoms with Gasteiger partial charge in [-0.05, 0) is 30.2 Å². The maximum atomic E-state index is 12.8. The van der Waals surface area contributed by atoms with E-state index in [1.54, 1.807) is 36.4 Å². The van der Waals surface area contributed by atoms with Crippen LogP contribution in [0.3, 0.4) is 0 Å². The molecule has 0 saturated heterocycles. The molecule has 0 unspecified atom stereocenters. The van der Waals surface area contributed by atoms with Gasteiger partial charge in [-0.25, -0.2) is 4.79 Å². The number of allylic oxidation sites excluding steroid dienone is 1. The van der Waals surface area contributed by atoms with E-state index in [0.29, 0.717) is 25.3 Å². The molecule has 0 radical (unpaired) electrons. The van der Waals surface area contributed by atoms with Crippen molar-refractivity contribution in [2.24, 2.45) is 7.05 Å². The first-order valence-corrected chi connectivity index (χ1v) is 8.69. The van der Waals surface area contributed by atoms with E-state index >= 15 is 0 Å². The highest BCUT2D eigenvalue weighted by Gasteiger charge is 2.32. The Morgan fingerprint density at radius 1 is 1.19 bits per heavy atom. The van der Waals surface area contributed by atoms with E-state index in [9.17, 15) is 14.4 Å². The number of benzene rings is 1. The second-order valence-corrected chi connectivity index (χ2v) is 6.20. The smallest absolute Gasteiger partial charge is 0.332 e. The van der Waals surface area contributed by atoms with Gasteiger partial charge < -0.3 is 10.1 Å². The Hall–Kier alpha value is -3.35. The summed E-state index contributed by atoms with van der Waals surface area (Å²) < 4.78 is 7.84. The van der Waals surface area contributed by atoms with Gasteiger partial charge in [0.25, 0.3) is 5.56 Å². The summed E-state index contributed by atoms with van der Waals surface area (Å²) in [4.78, 5) is 37.6. The monoisotopic (exact) mass is 367 g/mol. The minimum Gasteiger partial charge on any atom is -0.490 e. The minimum atomic E-state index is -0.587. The van der Waals surface area contributed by atoms with Gasteiger partial charge in [-0.1, -0.05) is 31.7 Å². The summed E-state index contributed by atoms with van der Waals surface area (Å²) in [6.45, 7) is 6.35. The Morgan fingerprint density at radius 2 is 1.89 bits per heavy atom. The lowest BCUT2D eigenvalue weighted by atomic mass is 10.1. The van der Waals surface area contributed by atoms with Crippen molar-refractivity contribution in [3.05, 3.63) is 74.6 Å². The number of hydrogen-bond donors (Lipinski definition) is 1. The fraction of sp³-hybridized carbons (Fsp3) is 0.250. The summed E-state index contributed by atoms with van der Waals surface area (Å²) in [5, 5.41) is 2.96. The van der Waals surface area contributed by atoms with Gasteiger partial charge in [-0.3, -0.25) is 18.7 Å². The van der Waals surface area contributed by atoms with Gasteiger partial charge >= 0.3 is 5.69 Å². The van der Waals surface area contributed by atoms with Gasteiger partial charge in [0.05, 0.1) is 5.70 Å². The third-order valence-electron chi connectivity index (χ3n) is 4.27. The van der Waals surface area contributed by atoms with E-state index < -0.39 is 17.0 Å². The molecule has 0 bridgehead atoms. The van der Waals surface area contributed by atoms with Crippen LogP contribution < -0.4 is 21.3 Å². The molecular weight excluding hydrogens is 346 g/mol. The molecule has 1 aliphatic rings. The number of hydrogen-bond acceptors (Lipinski definition) is 5. The van der Waals surface area contributed by atoms with E-state index in [0.717, 1.165) is 10.1 Å². The average molecular weight is 367 g/mol. The summed E-state index contributed by atoms with van der Waals surface area (Å²) in [7, 11) is 1.38. The maximum absolute atomic E-state index is 12.8. The van der Waals surface area contributed by atoms with Crippen LogP contribution in [0.25, 0.3) is 6.08 Å². The summed E-state index contributed by atoms with van der Waals surface area (Å²) in [6.07, 6.45) is 4.01. The zero-order chi connectivity index (χ0) is 19.6. The van der Waals surface area contributed by atoms with E-state index in [2.05, 4.69) is 11.9 Å². The highest BCUT2D eigenvalue weighted by atomic mass is 16.5. The van der Waals surface area contributed by atoms with Gasteiger partial charge in [0.15, 0.2) is 0 Å². The first-order valence-electron chi connectivity index (χ1n) is 8.69. The predicted octanol–water partition coefficient (Wildman–Crippen LogP) is 2.17. The van der Waals surface area contributed by atoms with Crippen LogP contribution in [0.1, 0.15) is 29.3 Å². The molecule has 0 spiro atoms. The molecule has 0 aliphatic carbocycles. The SMILES string of the molecule is C=CCOc1ccc(/C=C2\Nc3c(c(=O)n(C)c(=O)n3CCC)C2=O)cc1. The molecule has 0 amide bonds. The standard InChI is InChI=1S/C20H21N3O4/c1-4-10-23-18-16(19(25)22(3)20(23)26)17(24)15(21-18)12-13-6-8-14(9-7-13)27-11-5-2/h5-9,12,21H,2,4,10-11H2,1,3H3/b15-12-. The van der Waals surface area contributed by atoms with Crippen LogP contribution in [-0.2, 0) is 13.6 Å². The van der Waals surface area contributed by atoms with Gasteiger partial charge in [-0.2, -0.15) is 0 Å². The van der Waals surface area contributed by atoms with Crippen molar-refractivity contribution in [1.29, 1.82) is 0 Å². The molecule has 0 saturated carbocycles. The van der Waals surface area contributed by atoms with Crippen molar-refractivity contribution in [1.82, 2.24) is 9.13 Å². The second-order valence-electron chi connectivity index (χ2n) is 6.20. The Labute approximate surface area is 156 Å². The Balaban J connectivity index is 1.99. The van der Waals surface area contributed by atoms with Crippen molar-refractivity contribution in [2.45, 2.75) is 19.9 Å². The van der Waals surface area contributed by atoms with Gasteiger partial charge in [0.2, 0.25) is 5.78 Å². The number of fused-ring (bicyclic) bond motifs is 1. The summed E-state index contributed by atoms with van der Waals surface area (Å²) >= 11 is 0. The van der Waals surface area contributed by atoms with Crippen LogP contribution in [0, 0.1) is 0 Å².